The second kappa shape index (κ2) is 10.8. The summed E-state index contributed by atoms with van der Waals surface area (Å²) in [6.07, 6.45) is 0.539. The van der Waals surface area contributed by atoms with Crippen LogP contribution in [-0.2, 0) is 22.5 Å². The lowest BCUT2D eigenvalue weighted by molar-refractivity contribution is -0.0143. The van der Waals surface area contributed by atoms with Crippen molar-refractivity contribution < 1.29 is 32.3 Å². The fourth-order valence-electron chi connectivity index (χ4n) is 3.09. The molecule has 7 nitrogen and oxygen atoms in total. The van der Waals surface area contributed by atoms with Crippen LogP contribution in [0.15, 0.2) is 0 Å². The molecule has 0 saturated carbocycles. The molecule has 0 radical (unpaired) electrons. The van der Waals surface area contributed by atoms with Crippen LogP contribution in [0.5, 0.6) is 0 Å². The fourth-order valence-corrected chi connectivity index (χ4v) is 9.45. The van der Waals surface area contributed by atoms with Gasteiger partial charge in [0.2, 0.25) is 0 Å². The monoisotopic (exact) mass is 636 g/mol. The predicted molar refractivity (Wildman–Crippen MR) is 115 cm³/mol. The third kappa shape index (κ3) is 6.44. The molecule has 15 heteroatoms. The summed E-state index contributed by atoms with van der Waals surface area (Å²) in [5.74, 6) is 0.321. The smallest absolute Gasteiger partial charge is 0.302 e. The van der Waals surface area contributed by atoms with E-state index in [1.165, 1.54) is 0 Å². The summed E-state index contributed by atoms with van der Waals surface area (Å²) in [4.78, 5) is 20.0. The second-order valence-electron chi connectivity index (χ2n) is 5.90. The minimum absolute atomic E-state index is 0.0358. The quantitative estimate of drug-likeness (QED) is 0.257. The van der Waals surface area contributed by atoms with Gasteiger partial charge < -0.3 is 9.79 Å². The zero-order chi connectivity index (χ0) is 21.0. The largest absolute Gasteiger partial charge is 0.481 e. The standard InChI is InChI=1S/C12H20Br2Cl4O7P2/c13-10(1-5-15)9-23-26(19,20)25-27(21,22)24-11(2-6-16,3-7-17)12(10,14)4-8-18/h1-9H2,(H,19,20)(H,21,22). The van der Waals surface area contributed by atoms with E-state index in [0.717, 1.165) is 0 Å². The maximum absolute atomic E-state index is 12.5. The highest BCUT2D eigenvalue weighted by Gasteiger charge is 2.64. The van der Waals surface area contributed by atoms with Gasteiger partial charge in [-0.25, -0.2) is 9.13 Å². The minimum Gasteiger partial charge on any atom is -0.302 e. The molecular formula is C12H20Br2Cl4O7P2. The molecule has 1 heterocycles. The molecule has 0 spiro atoms. The van der Waals surface area contributed by atoms with Gasteiger partial charge in [0.1, 0.15) is 0 Å². The summed E-state index contributed by atoms with van der Waals surface area (Å²) in [5.41, 5.74) is -1.50. The van der Waals surface area contributed by atoms with E-state index in [9.17, 15) is 18.9 Å². The molecule has 1 aliphatic heterocycles. The summed E-state index contributed by atoms with van der Waals surface area (Å²) in [6.45, 7) is -0.398. The molecule has 162 valence electrons. The van der Waals surface area contributed by atoms with Crippen LogP contribution in [0, 0.1) is 0 Å². The van der Waals surface area contributed by atoms with Crippen molar-refractivity contribution in [3.63, 3.8) is 0 Å². The first-order valence-corrected chi connectivity index (χ1v) is 14.4. The number of hydrogen-bond donors (Lipinski definition) is 2. The van der Waals surface area contributed by atoms with Gasteiger partial charge in [-0.15, -0.1) is 46.4 Å². The van der Waals surface area contributed by atoms with Gasteiger partial charge in [0.15, 0.2) is 0 Å². The molecule has 0 aromatic rings. The number of phosphoric acid groups is 2. The van der Waals surface area contributed by atoms with Crippen molar-refractivity contribution >= 4 is 93.9 Å². The lowest BCUT2D eigenvalue weighted by Gasteiger charge is -2.54. The highest BCUT2D eigenvalue weighted by atomic mass is 79.9. The van der Waals surface area contributed by atoms with Crippen molar-refractivity contribution in [1.29, 1.82) is 0 Å². The maximum Gasteiger partial charge on any atom is 0.481 e. The first-order chi connectivity index (χ1) is 12.4. The Morgan fingerprint density at radius 1 is 0.852 bits per heavy atom. The van der Waals surface area contributed by atoms with Gasteiger partial charge >= 0.3 is 15.6 Å². The SMILES string of the molecule is O=P1(O)OCC(Br)(CCCl)C(Br)(CCCl)C(CCCl)(CCCl)OP(=O)(O)O1. The molecule has 0 aromatic heterocycles. The van der Waals surface area contributed by atoms with Crippen LogP contribution in [0.2, 0.25) is 0 Å². The van der Waals surface area contributed by atoms with E-state index in [-0.39, 0.29) is 49.2 Å². The van der Waals surface area contributed by atoms with Crippen LogP contribution in [-0.4, -0.2) is 54.2 Å². The van der Waals surface area contributed by atoms with Crippen LogP contribution >= 0.6 is 93.9 Å². The van der Waals surface area contributed by atoms with Gasteiger partial charge in [-0.05, 0) is 25.7 Å². The summed E-state index contributed by atoms with van der Waals surface area (Å²) in [6, 6.07) is 0. The van der Waals surface area contributed by atoms with Crippen LogP contribution in [0.4, 0.5) is 0 Å². The van der Waals surface area contributed by atoms with E-state index in [1.807, 2.05) is 0 Å². The van der Waals surface area contributed by atoms with Gasteiger partial charge in [-0.3, -0.25) is 9.05 Å². The Balaban J connectivity index is 3.76. The molecule has 0 bridgehead atoms. The lowest BCUT2D eigenvalue weighted by atomic mass is 9.72. The van der Waals surface area contributed by atoms with Gasteiger partial charge in [-0.2, -0.15) is 4.31 Å². The Labute approximate surface area is 195 Å². The Morgan fingerprint density at radius 3 is 1.78 bits per heavy atom. The maximum atomic E-state index is 12.5. The minimum atomic E-state index is -5.05. The Bertz CT molecular complexity index is 598. The molecule has 4 unspecified atom stereocenters. The summed E-state index contributed by atoms with van der Waals surface area (Å²) >= 11 is 31.1. The van der Waals surface area contributed by atoms with E-state index in [1.54, 1.807) is 0 Å². The molecule has 0 aromatic carbocycles. The van der Waals surface area contributed by atoms with Crippen molar-refractivity contribution in [3.8, 4) is 0 Å². The summed E-state index contributed by atoms with van der Waals surface area (Å²) < 4.78 is 37.2. The molecule has 4 atom stereocenters. The number of rotatable bonds is 8. The second-order valence-corrected chi connectivity index (χ2v) is 13.3. The van der Waals surface area contributed by atoms with Gasteiger partial charge in [0, 0.05) is 23.5 Å². The average molecular weight is 640 g/mol. The molecule has 0 amide bonds. The first kappa shape index (κ1) is 27.4. The van der Waals surface area contributed by atoms with Crippen molar-refractivity contribution in [3.05, 3.63) is 0 Å². The van der Waals surface area contributed by atoms with Crippen molar-refractivity contribution in [2.75, 3.05) is 30.1 Å². The molecule has 1 fully saturated rings. The van der Waals surface area contributed by atoms with E-state index in [0.29, 0.717) is 0 Å². The van der Waals surface area contributed by atoms with Crippen LogP contribution in [0.25, 0.3) is 0 Å². The van der Waals surface area contributed by atoms with Gasteiger partial charge in [-0.1, -0.05) is 31.9 Å². The Kier molecular flexibility index (Phi) is 11.0. The molecule has 2 N–H and O–H groups in total. The fraction of sp³-hybridized carbons (Fsp3) is 1.00. The van der Waals surface area contributed by atoms with Crippen molar-refractivity contribution in [1.82, 2.24) is 0 Å². The third-order valence-corrected chi connectivity index (χ3v) is 11.5. The number of phosphoric ester groups is 2. The predicted octanol–water partition coefficient (Wildman–Crippen LogP) is 5.77. The van der Waals surface area contributed by atoms with E-state index < -0.39 is 36.5 Å². The lowest BCUT2D eigenvalue weighted by Crippen LogP contribution is -2.64. The number of alkyl halides is 6. The van der Waals surface area contributed by atoms with Crippen molar-refractivity contribution in [2.45, 2.75) is 39.9 Å². The molecule has 27 heavy (non-hydrogen) atoms. The van der Waals surface area contributed by atoms with Gasteiger partial charge in [0.25, 0.3) is 0 Å². The molecule has 1 rings (SSSR count). The number of hydrogen-bond acceptors (Lipinski definition) is 5. The topological polar surface area (TPSA) is 102 Å². The molecular weight excluding hydrogens is 620 g/mol. The normalized spacial score (nSPS) is 40.1. The molecule has 1 saturated heterocycles. The third-order valence-electron chi connectivity index (χ3n) is 4.31. The van der Waals surface area contributed by atoms with Crippen LogP contribution in [0.3, 0.4) is 0 Å². The van der Waals surface area contributed by atoms with Crippen LogP contribution < -0.4 is 0 Å². The molecule has 1 aliphatic rings. The average Bonchev–Trinajstić information content (AvgIpc) is 2.53. The zero-order valence-electron chi connectivity index (χ0n) is 14.0. The van der Waals surface area contributed by atoms with Crippen molar-refractivity contribution in [2.24, 2.45) is 0 Å². The van der Waals surface area contributed by atoms with E-state index in [2.05, 4.69) is 36.2 Å². The van der Waals surface area contributed by atoms with Crippen LogP contribution in [0.1, 0.15) is 25.7 Å². The highest BCUT2D eigenvalue weighted by molar-refractivity contribution is 9.13. The zero-order valence-corrected chi connectivity index (χ0v) is 21.9. The van der Waals surface area contributed by atoms with E-state index in [4.69, 9.17) is 55.5 Å². The Morgan fingerprint density at radius 2 is 1.33 bits per heavy atom. The Hall–Kier alpha value is 2.38. The van der Waals surface area contributed by atoms with Gasteiger partial charge in [0.05, 0.1) is 20.9 Å². The summed E-state index contributed by atoms with van der Waals surface area (Å²) in [7, 11) is -9.96. The number of halogens is 6. The molecule has 0 aliphatic carbocycles. The highest BCUT2D eigenvalue weighted by Crippen LogP contribution is 2.68. The first-order valence-electron chi connectivity index (χ1n) is 7.70. The van der Waals surface area contributed by atoms with E-state index >= 15 is 0 Å². The summed E-state index contributed by atoms with van der Waals surface area (Å²) in [5, 5.41) is 0.